The maximum Gasteiger partial charge on any atom is 0.125 e. The van der Waals surface area contributed by atoms with Crippen molar-refractivity contribution in [3.05, 3.63) is 93.5 Å². The van der Waals surface area contributed by atoms with Gasteiger partial charge in [-0.2, -0.15) is 0 Å². The van der Waals surface area contributed by atoms with Crippen molar-refractivity contribution < 1.29 is 14.6 Å². The van der Waals surface area contributed by atoms with Crippen LogP contribution in [0.2, 0.25) is 0 Å². The normalized spacial score (nSPS) is 17.0. The minimum atomic E-state index is -0.0319. The molecular formula is C27H29NO3. The Morgan fingerprint density at radius 3 is 2.74 bits per heavy atom. The van der Waals surface area contributed by atoms with Crippen LogP contribution in [0.3, 0.4) is 0 Å². The van der Waals surface area contributed by atoms with Gasteiger partial charge in [0.2, 0.25) is 0 Å². The molecule has 0 fully saturated rings. The summed E-state index contributed by atoms with van der Waals surface area (Å²) in [6, 6.07) is 19.1. The summed E-state index contributed by atoms with van der Waals surface area (Å²) in [5.74, 6) is 1.82. The summed E-state index contributed by atoms with van der Waals surface area (Å²) >= 11 is 0. The Morgan fingerprint density at radius 1 is 1.03 bits per heavy atom. The van der Waals surface area contributed by atoms with E-state index in [4.69, 9.17) is 9.47 Å². The van der Waals surface area contributed by atoms with Gasteiger partial charge >= 0.3 is 0 Å². The highest BCUT2D eigenvalue weighted by Gasteiger charge is 2.24. The van der Waals surface area contributed by atoms with Crippen LogP contribution in [0.15, 0.2) is 54.6 Å². The third-order valence-corrected chi connectivity index (χ3v) is 6.46. The lowest BCUT2D eigenvalue weighted by molar-refractivity contribution is 0.258. The Balaban J connectivity index is 1.40. The van der Waals surface area contributed by atoms with E-state index >= 15 is 0 Å². The minimum absolute atomic E-state index is 0.0319. The highest BCUT2D eigenvalue weighted by Crippen LogP contribution is 2.35. The molecule has 160 valence electrons. The van der Waals surface area contributed by atoms with Gasteiger partial charge < -0.3 is 19.9 Å². The molecule has 2 aliphatic heterocycles. The Labute approximate surface area is 183 Å². The van der Waals surface area contributed by atoms with Crippen molar-refractivity contribution >= 4 is 0 Å². The first-order chi connectivity index (χ1) is 15.2. The number of benzene rings is 3. The molecule has 4 nitrogen and oxygen atoms in total. The van der Waals surface area contributed by atoms with E-state index in [-0.39, 0.29) is 12.6 Å². The summed E-state index contributed by atoms with van der Waals surface area (Å²) in [5, 5.41) is 13.7. The Hall–Kier alpha value is -2.82. The van der Waals surface area contributed by atoms with E-state index in [1.807, 2.05) is 18.2 Å². The number of ether oxygens (including phenoxy) is 2. The van der Waals surface area contributed by atoms with Gasteiger partial charge in [0, 0.05) is 18.0 Å². The van der Waals surface area contributed by atoms with Crippen molar-refractivity contribution in [1.82, 2.24) is 5.32 Å². The van der Waals surface area contributed by atoms with Gasteiger partial charge in [0.15, 0.2) is 0 Å². The summed E-state index contributed by atoms with van der Waals surface area (Å²) < 4.78 is 11.9. The number of hydrogen-bond acceptors (Lipinski definition) is 4. The fourth-order valence-electron chi connectivity index (χ4n) is 4.72. The lowest BCUT2D eigenvalue weighted by Gasteiger charge is -2.29. The van der Waals surface area contributed by atoms with Gasteiger partial charge in [-0.25, -0.2) is 0 Å². The van der Waals surface area contributed by atoms with Crippen LogP contribution in [0, 0.1) is 6.92 Å². The van der Waals surface area contributed by atoms with Crippen molar-refractivity contribution in [3.8, 4) is 11.5 Å². The van der Waals surface area contributed by atoms with Crippen LogP contribution < -0.4 is 14.8 Å². The second kappa shape index (κ2) is 8.74. The molecule has 4 heteroatoms. The number of aryl methyl sites for hydroxylation is 1. The molecule has 1 unspecified atom stereocenters. The SMILES string of the molecule is Cc1cc2c(cc1CC1NCCc3cc(OCc4ccccc4)c(CO)cc31)OCC2. The molecule has 0 saturated heterocycles. The number of aliphatic hydroxyl groups is 1. The van der Waals surface area contributed by atoms with Gasteiger partial charge in [0.1, 0.15) is 18.1 Å². The van der Waals surface area contributed by atoms with Gasteiger partial charge in [0.25, 0.3) is 0 Å². The average molecular weight is 416 g/mol. The van der Waals surface area contributed by atoms with E-state index in [2.05, 4.69) is 48.6 Å². The van der Waals surface area contributed by atoms with Gasteiger partial charge in [-0.3, -0.25) is 0 Å². The maximum atomic E-state index is 10.0. The standard InChI is InChI=1S/C27H29NO3/c1-18-11-21-8-10-30-26(21)15-22(18)13-25-24-12-23(16-29)27(14-20(24)7-9-28-25)31-17-19-5-3-2-4-6-19/h2-6,11-12,14-15,25,28-29H,7-10,13,16-17H2,1H3. The number of hydrogen-bond donors (Lipinski definition) is 2. The number of aliphatic hydroxyl groups excluding tert-OH is 1. The van der Waals surface area contributed by atoms with Gasteiger partial charge in [-0.15, -0.1) is 0 Å². The van der Waals surface area contributed by atoms with Gasteiger partial charge in [0.05, 0.1) is 13.2 Å². The third-order valence-electron chi connectivity index (χ3n) is 6.46. The highest BCUT2D eigenvalue weighted by atomic mass is 16.5. The summed E-state index contributed by atoms with van der Waals surface area (Å²) in [4.78, 5) is 0. The predicted octanol–water partition coefficient (Wildman–Crippen LogP) is 4.43. The third kappa shape index (κ3) is 4.18. The van der Waals surface area contributed by atoms with Crippen molar-refractivity contribution in [2.24, 2.45) is 0 Å². The van der Waals surface area contributed by atoms with Crippen molar-refractivity contribution in [2.45, 2.75) is 45.4 Å². The van der Waals surface area contributed by atoms with Gasteiger partial charge in [-0.05, 0) is 77.9 Å². The van der Waals surface area contributed by atoms with Crippen LogP contribution in [-0.4, -0.2) is 18.3 Å². The van der Waals surface area contributed by atoms with Crippen LogP contribution in [0.25, 0.3) is 0 Å². The molecule has 1 atom stereocenters. The summed E-state index contributed by atoms with van der Waals surface area (Å²) in [6.45, 7) is 4.39. The van der Waals surface area contributed by atoms with Crippen molar-refractivity contribution in [2.75, 3.05) is 13.2 Å². The Morgan fingerprint density at radius 2 is 1.90 bits per heavy atom. The molecule has 31 heavy (non-hydrogen) atoms. The van der Waals surface area contributed by atoms with Crippen molar-refractivity contribution in [1.29, 1.82) is 0 Å². The van der Waals surface area contributed by atoms with E-state index in [9.17, 15) is 5.11 Å². The molecular weight excluding hydrogens is 386 g/mol. The molecule has 0 aliphatic carbocycles. The largest absolute Gasteiger partial charge is 0.493 e. The monoisotopic (exact) mass is 415 g/mol. The first-order valence-corrected chi connectivity index (χ1v) is 11.1. The predicted molar refractivity (Wildman–Crippen MR) is 122 cm³/mol. The molecule has 0 bridgehead atoms. The molecule has 0 spiro atoms. The Bertz CT molecular complexity index is 1080. The van der Waals surface area contributed by atoms with Crippen LogP contribution >= 0.6 is 0 Å². The van der Waals surface area contributed by atoms with Crippen LogP contribution in [0.1, 0.15) is 45.0 Å². The molecule has 2 N–H and O–H groups in total. The molecule has 3 aromatic rings. The summed E-state index contributed by atoms with van der Waals surface area (Å²) in [7, 11) is 0. The molecule has 0 radical (unpaired) electrons. The minimum Gasteiger partial charge on any atom is -0.493 e. The van der Waals surface area contributed by atoms with Crippen LogP contribution in [-0.2, 0) is 32.5 Å². The first-order valence-electron chi connectivity index (χ1n) is 11.1. The van der Waals surface area contributed by atoms with E-state index in [1.165, 1.54) is 27.8 Å². The van der Waals surface area contributed by atoms with E-state index in [1.54, 1.807) is 0 Å². The second-order valence-electron chi connectivity index (χ2n) is 8.54. The average Bonchev–Trinajstić information content (AvgIpc) is 3.25. The Kier molecular flexibility index (Phi) is 5.66. The lowest BCUT2D eigenvalue weighted by atomic mass is 9.87. The maximum absolute atomic E-state index is 10.0. The highest BCUT2D eigenvalue weighted by molar-refractivity contribution is 5.48. The second-order valence-corrected chi connectivity index (χ2v) is 8.54. The zero-order chi connectivity index (χ0) is 21.2. The molecule has 5 rings (SSSR count). The van der Waals surface area contributed by atoms with E-state index in [0.29, 0.717) is 6.61 Å². The summed E-state index contributed by atoms with van der Waals surface area (Å²) in [5.41, 5.74) is 8.50. The molecule has 3 aromatic carbocycles. The van der Waals surface area contributed by atoms with Crippen LogP contribution in [0.4, 0.5) is 0 Å². The number of fused-ring (bicyclic) bond motifs is 2. The topological polar surface area (TPSA) is 50.7 Å². The number of rotatable bonds is 6. The molecule has 0 aromatic heterocycles. The van der Waals surface area contributed by atoms with E-state index < -0.39 is 0 Å². The fourth-order valence-corrected chi connectivity index (χ4v) is 4.72. The van der Waals surface area contributed by atoms with E-state index in [0.717, 1.165) is 55.0 Å². The quantitative estimate of drug-likeness (QED) is 0.625. The van der Waals surface area contributed by atoms with Crippen molar-refractivity contribution in [3.63, 3.8) is 0 Å². The van der Waals surface area contributed by atoms with Gasteiger partial charge in [-0.1, -0.05) is 36.4 Å². The zero-order valence-corrected chi connectivity index (χ0v) is 18.0. The lowest BCUT2D eigenvalue weighted by Crippen LogP contribution is -2.31. The molecule has 2 aliphatic rings. The first kappa shape index (κ1) is 20.1. The molecule has 0 saturated carbocycles. The smallest absolute Gasteiger partial charge is 0.125 e. The van der Waals surface area contributed by atoms with Crippen LogP contribution in [0.5, 0.6) is 11.5 Å². The fraction of sp³-hybridized carbons (Fsp3) is 0.333. The number of nitrogens with one attached hydrogen (secondary N) is 1. The zero-order valence-electron chi connectivity index (χ0n) is 18.0. The molecule has 0 amide bonds. The summed E-state index contributed by atoms with van der Waals surface area (Å²) in [6.07, 6.45) is 2.88. The molecule has 2 heterocycles.